The second-order valence-electron chi connectivity index (χ2n) is 6.70. The van der Waals surface area contributed by atoms with Crippen molar-refractivity contribution in [1.82, 2.24) is 0 Å². The predicted octanol–water partition coefficient (Wildman–Crippen LogP) is 5.36. The molecule has 0 saturated carbocycles. The highest BCUT2D eigenvalue weighted by atomic mass is 16.5. The molecule has 2 nitrogen and oxygen atoms in total. The van der Waals surface area contributed by atoms with Gasteiger partial charge in [-0.3, -0.25) is 4.79 Å². The van der Waals surface area contributed by atoms with Gasteiger partial charge in [0, 0.05) is 0 Å². The van der Waals surface area contributed by atoms with Gasteiger partial charge in [0.05, 0.1) is 12.5 Å². The summed E-state index contributed by atoms with van der Waals surface area (Å²) in [5.41, 5.74) is 2.37. The maximum atomic E-state index is 12.1. The van der Waals surface area contributed by atoms with Crippen molar-refractivity contribution in [3.8, 4) is 0 Å². The first kappa shape index (κ1) is 18.7. The molecule has 0 aliphatic carbocycles. The molecular weight excluding hydrogens is 272 g/mol. The van der Waals surface area contributed by atoms with Gasteiger partial charge in [0.2, 0.25) is 0 Å². The van der Waals surface area contributed by atoms with Gasteiger partial charge in [-0.2, -0.15) is 0 Å². The van der Waals surface area contributed by atoms with E-state index in [1.54, 1.807) is 0 Å². The lowest BCUT2D eigenvalue weighted by Crippen LogP contribution is -2.15. The van der Waals surface area contributed by atoms with Crippen molar-refractivity contribution in [1.29, 1.82) is 0 Å². The number of rotatable bonds is 9. The third kappa shape index (κ3) is 6.21. The van der Waals surface area contributed by atoms with Crippen LogP contribution in [-0.2, 0) is 16.0 Å². The van der Waals surface area contributed by atoms with E-state index in [0.29, 0.717) is 18.4 Å². The third-order valence-corrected chi connectivity index (χ3v) is 4.40. The molecule has 0 bridgehead atoms. The Labute approximate surface area is 136 Å². The number of ether oxygens (including phenoxy) is 1. The number of benzene rings is 1. The van der Waals surface area contributed by atoms with E-state index in [1.165, 1.54) is 5.56 Å². The van der Waals surface area contributed by atoms with Crippen LogP contribution in [0.15, 0.2) is 24.3 Å². The molecule has 0 aliphatic heterocycles. The molecule has 0 aromatic heterocycles. The summed E-state index contributed by atoms with van der Waals surface area (Å²) in [6, 6.07) is 8.38. The Hall–Kier alpha value is -1.31. The Kier molecular flexibility index (Phi) is 8.22. The molecule has 2 heteroatoms. The zero-order valence-electron chi connectivity index (χ0n) is 14.9. The number of hydrogen-bond donors (Lipinski definition) is 0. The molecule has 0 radical (unpaired) electrons. The fourth-order valence-corrected chi connectivity index (χ4v) is 2.70. The number of carbonyl (C=O) groups excluding carboxylic acids is 1. The lowest BCUT2D eigenvalue weighted by molar-refractivity contribution is -0.145. The van der Waals surface area contributed by atoms with Crippen molar-refractivity contribution < 1.29 is 9.53 Å². The van der Waals surface area contributed by atoms with Gasteiger partial charge in [-0.15, -0.1) is 0 Å². The molecule has 0 amide bonds. The molecule has 0 spiro atoms. The molecule has 0 fully saturated rings. The Morgan fingerprint density at radius 1 is 1.05 bits per heavy atom. The van der Waals surface area contributed by atoms with Crippen LogP contribution >= 0.6 is 0 Å². The van der Waals surface area contributed by atoms with Crippen LogP contribution in [0.1, 0.15) is 70.9 Å². The van der Waals surface area contributed by atoms with Gasteiger partial charge in [0.25, 0.3) is 0 Å². The average molecular weight is 304 g/mol. The van der Waals surface area contributed by atoms with E-state index in [2.05, 4.69) is 52.0 Å². The third-order valence-electron chi connectivity index (χ3n) is 4.40. The summed E-state index contributed by atoms with van der Waals surface area (Å²) in [5, 5.41) is 0. The highest BCUT2D eigenvalue weighted by Crippen LogP contribution is 2.20. The molecule has 22 heavy (non-hydrogen) atoms. The Morgan fingerprint density at radius 3 is 2.14 bits per heavy atom. The molecule has 1 atom stereocenters. The molecular formula is C20H32O2. The molecule has 1 rings (SSSR count). The minimum absolute atomic E-state index is 0.109. The molecule has 0 aliphatic rings. The topological polar surface area (TPSA) is 26.3 Å². The molecule has 0 saturated heterocycles. The van der Waals surface area contributed by atoms with Crippen LogP contribution in [0.3, 0.4) is 0 Å². The van der Waals surface area contributed by atoms with E-state index in [4.69, 9.17) is 4.74 Å². The van der Waals surface area contributed by atoms with Crippen molar-refractivity contribution in [3.05, 3.63) is 35.4 Å². The van der Waals surface area contributed by atoms with E-state index in [1.807, 2.05) is 6.92 Å². The maximum Gasteiger partial charge on any atom is 0.313 e. The minimum atomic E-state index is -0.185. The number of carbonyl (C=O) groups is 1. The van der Waals surface area contributed by atoms with Crippen LogP contribution in [0.5, 0.6) is 0 Å². The Bertz CT molecular complexity index is 430. The summed E-state index contributed by atoms with van der Waals surface area (Å²) in [6.07, 6.45) is 4.36. The van der Waals surface area contributed by atoms with E-state index in [9.17, 15) is 4.79 Å². The van der Waals surface area contributed by atoms with Crippen molar-refractivity contribution in [2.45, 2.75) is 66.2 Å². The van der Waals surface area contributed by atoms with Crippen molar-refractivity contribution >= 4 is 5.97 Å². The first-order valence-corrected chi connectivity index (χ1v) is 8.73. The molecule has 0 N–H and O–H groups in total. The minimum Gasteiger partial charge on any atom is -0.465 e. The summed E-state index contributed by atoms with van der Waals surface area (Å²) >= 11 is 0. The Morgan fingerprint density at radius 2 is 1.64 bits per heavy atom. The van der Waals surface area contributed by atoms with Gasteiger partial charge in [-0.1, -0.05) is 64.8 Å². The highest BCUT2D eigenvalue weighted by Gasteiger charge is 2.17. The summed E-state index contributed by atoms with van der Waals surface area (Å²) in [6.45, 7) is 11.3. The van der Waals surface area contributed by atoms with Crippen LogP contribution < -0.4 is 0 Å². The monoisotopic (exact) mass is 304 g/mol. The molecule has 1 aromatic carbocycles. The van der Waals surface area contributed by atoms with Crippen LogP contribution in [0.25, 0.3) is 0 Å². The van der Waals surface area contributed by atoms with Crippen molar-refractivity contribution in [2.75, 3.05) is 6.61 Å². The highest BCUT2D eigenvalue weighted by molar-refractivity contribution is 5.77. The molecule has 0 heterocycles. The SMILES string of the molecule is CCC(CC)CCOC(=O)C(C)c1ccc(CC(C)C)cc1. The standard InChI is InChI=1S/C20H32O2/c1-6-17(7-2)12-13-22-20(21)16(5)19-10-8-18(9-11-19)14-15(3)4/h8-11,15-17H,6-7,12-14H2,1-5H3. The predicted molar refractivity (Wildman–Crippen MR) is 93.0 cm³/mol. The second-order valence-corrected chi connectivity index (χ2v) is 6.70. The van der Waals surface area contributed by atoms with Gasteiger partial charge in [-0.05, 0) is 42.7 Å². The van der Waals surface area contributed by atoms with Crippen LogP contribution in [0.4, 0.5) is 0 Å². The normalized spacial score (nSPS) is 12.7. The number of esters is 1. The summed E-state index contributed by atoms with van der Waals surface area (Å²) < 4.78 is 5.45. The smallest absolute Gasteiger partial charge is 0.313 e. The number of hydrogen-bond acceptors (Lipinski definition) is 2. The van der Waals surface area contributed by atoms with Crippen molar-refractivity contribution in [2.24, 2.45) is 11.8 Å². The maximum absolute atomic E-state index is 12.1. The lowest BCUT2D eigenvalue weighted by atomic mass is 9.97. The summed E-state index contributed by atoms with van der Waals surface area (Å²) in [4.78, 5) is 12.1. The van der Waals surface area contributed by atoms with E-state index in [-0.39, 0.29) is 11.9 Å². The zero-order valence-corrected chi connectivity index (χ0v) is 14.9. The molecule has 1 unspecified atom stereocenters. The van der Waals surface area contributed by atoms with Gasteiger partial charge in [0.1, 0.15) is 0 Å². The quantitative estimate of drug-likeness (QED) is 0.574. The van der Waals surface area contributed by atoms with E-state index < -0.39 is 0 Å². The fourth-order valence-electron chi connectivity index (χ4n) is 2.70. The summed E-state index contributed by atoms with van der Waals surface area (Å²) in [5.74, 6) is 1.02. The zero-order chi connectivity index (χ0) is 16.5. The first-order valence-electron chi connectivity index (χ1n) is 8.73. The Balaban J connectivity index is 2.48. The van der Waals surface area contributed by atoms with Crippen LogP contribution in [0.2, 0.25) is 0 Å². The fraction of sp³-hybridized carbons (Fsp3) is 0.650. The van der Waals surface area contributed by atoms with Gasteiger partial charge in [-0.25, -0.2) is 0 Å². The van der Waals surface area contributed by atoms with E-state index >= 15 is 0 Å². The van der Waals surface area contributed by atoms with Gasteiger partial charge in [0.15, 0.2) is 0 Å². The van der Waals surface area contributed by atoms with Gasteiger partial charge >= 0.3 is 5.97 Å². The molecule has 1 aromatic rings. The first-order chi connectivity index (χ1) is 10.5. The van der Waals surface area contributed by atoms with Gasteiger partial charge < -0.3 is 4.74 Å². The van der Waals surface area contributed by atoms with Crippen molar-refractivity contribution in [3.63, 3.8) is 0 Å². The molecule has 124 valence electrons. The summed E-state index contributed by atoms with van der Waals surface area (Å²) in [7, 11) is 0. The second kappa shape index (κ2) is 9.66. The lowest BCUT2D eigenvalue weighted by Gasteiger charge is -2.15. The van der Waals surface area contributed by atoms with E-state index in [0.717, 1.165) is 31.2 Å². The largest absolute Gasteiger partial charge is 0.465 e. The van der Waals surface area contributed by atoms with Crippen LogP contribution in [-0.4, -0.2) is 12.6 Å². The average Bonchev–Trinajstić information content (AvgIpc) is 2.51. The van der Waals surface area contributed by atoms with Crippen LogP contribution in [0, 0.1) is 11.8 Å².